The Balaban J connectivity index is 1.62. The second kappa shape index (κ2) is 10.6. The molecule has 0 fully saturated rings. The molecule has 172 valence electrons. The van der Waals surface area contributed by atoms with E-state index < -0.39 is 0 Å². The molecule has 0 bridgehead atoms. The lowest BCUT2D eigenvalue weighted by molar-refractivity contribution is -0.144. The fourth-order valence-electron chi connectivity index (χ4n) is 3.44. The lowest BCUT2D eigenvalue weighted by atomic mass is 10.1. The molecule has 0 unspecified atom stereocenters. The Morgan fingerprint density at radius 1 is 1.22 bits per heavy atom. The highest BCUT2D eigenvalue weighted by atomic mass is 32.1. The third kappa shape index (κ3) is 5.68. The van der Waals surface area contributed by atoms with Crippen molar-refractivity contribution in [2.75, 3.05) is 13.7 Å². The zero-order chi connectivity index (χ0) is 23.3. The van der Waals surface area contributed by atoms with Crippen molar-refractivity contribution in [2.45, 2.75) is 54.2 Å². The van der Waals surface area contributed by atoms with E-state index in [1.54, 1.807) is 7.11 Å². The minimum atomic E-state index is -0.280. The quantitative estimate of drug-likeness (QED) is 0.400. The Kier molecular flexibility index (Phi) is 7.90. The van der Waals surface area contributed by atoms with Gasteiger partial charge in [-0.15, -0.1) is 11.3 Å². The average molecular weight is 458 g/mol. The Morgan fingerprint density at radius 3 is 2.69 bits per heavy atom. The van der Waals surface area contributed by atoms with E-state index in [1.165, 1.54) is 11.3 Å². The van der Waals surface area contributed by atoms with Crippen LogP contribution in [0.15, 0.2) is 23.6 Å². The van der Waals surface area contributed by atoms with Gasteiger partial charge in [0.05, 0.1) is 31.5 Å². The first kappa shape index (κ1) is 23.8. The minimum absolute atomic E-state index is 0.141. The van der Waals surface area contributed by atoms with Crippen LogP contribution in [0.3, 0.4) is 0 Å². The lowest BCUT2D eigenvalue weighted by Crippen LogP contribution is -2.11. The SMILES string of the molecule is CCOc1ccc(-c2nc(COC(=O)Cc3c(C)nn(CC(C)C)c3C)cs2)cc1OC. The molecule has 7 nitrogen and oxygen atoms in total. The molecule has 0 saturated carbocycles. The number of hydrogen-bond acceptors (Lipinski definition) is 7. The number of nitrogens with zero attached hydrogens (tertiary/aromatic N) is 3. The number of rotatable bonds is 10. The predicted octanol–water partition coefficient (Wildman–Crippen LogP) is 4.97. The second-order valence-corrected chi connectivity index (χ2v) is 8.86. The summed E-state index contributed by atoms with van der Waals surface area (Å²) in [5, 5.41) is 7.31. The van der Waals surface area contributed by atoms with Crippen molar-refractivity contribution in [1.82, 2.24) is 14.8 Å². The zero-order valence-corrected chi connectivity index (χ0v) is 20.4. The van der Waals surface area contributed by atoms with Crippen LogP contribution in [-0.4, -0.2) is 34.5 Å². The summed E-state index contributed by atoms with van der Waals surface area (Å²) in [4.78, 5) is 17.1. The van der Waals surface area contributed by atoms with Gasteiger partial charge in [0.1, 0.15) is 11.6 Å². The van der Waals surface area contributed by atoms with Gasteiger partial charge in [-0.2, -0.15) is 5.10 Å². The highest BCUT2D eigenvalue weighted by Crippen LogP contribution is 2.34. The highest BCUT2D eigenvalue weighted by Gasteiger charge is 2.17. The lowest BCUT2D eigenvalue weighted by Gasteiger charge is -2.10. The second-order valence-electron chi connectivity index (χ2n) is 8.01. The molecule has 0 spiro atoms. The number of methoxy groups -OCH3 is 1. The van der Waals surface area contributed by atoms with Crippen molar-refractivity contribution in [3.8, 4) is 22.1 Å². The van der Waals surface area contributed by atoms with E-state index in [0.717, 1.165) is 39.8 Å². The Labute approximate surface area is 193 Å². The van der Waals surface area contributed by atoms with Gasteiger partial charge in [-0.3, -0.25) is 9.48 Å². The van der Waals surface area contributed by atoms with Gasteiger partial charge < -0.3 is 14.2 Å². The smallest absolute Gasteiger partial charge is 0.310 e. The molecule has 2 heterocycles. The molecule has 2 aromatic heterocycles. The standard InChI is InChI=1S/C24H31N3O4S/c1-7-30-21-9-8-18(10-22(21)29-6)24-25-19(14-32-24)13-31-23(28)11-20-16(4)26-27(17(20)5)12-15(2)3/h8-10,14-15H,7,11-13H2,1-6H3. The number of benzene rings is 1. The van der Waals surface area contributed by atoms with Gasteiger partial charge >= 0.3 is 5.97 Å². The van der Waals surface area contributed by atoms with Crippen LogP contribution in [0.4, 0.5) is 0 Å². The molecule has 0 N–H and O–H groups in total. The molecule has 1 aromatic carbocycles. The van der Waals surface area contributed by atoms with Crippen molar-refractivity contribution in [2.24, 2.45) is 5.92 Å². The number of aryl methyl sites for hydroxylation is 1. The molecular weight excluding hydrogens is 426 g/mol. The maximum absolute atomic E-state index is 12.5. The number of esters is 1. The largest absolute Gasteiger partial charge is 0.493 e. The molecule has 0 radical (unpaired) electrons. The van der Waals surface area contributed by atoms with Crippen LogP contribution < -0.4 is 9.47 Å². The Bertz CT molecular complexity index is 1070. The van der Waals surface area contributed by atoms with E-state index in [-0.39, 0.29) is 19.0 Å². The van der Waals surface area contributed by atoms with E-state index in [9.17, 15) is 4.79 Å². The van der Waals surface area contributed by atoms with E-state index in [0.29, 0.717) is 24.0 Å². The van der Waals surface area contributed by atoms with E-state index in [2.05, 4.69) is 23.9 Å². The maximum atomic E-state index is 12.5. The summed E-state index contributed by atoms with van der Waals surface area (Å²) in [6.07, 6.45) is 0.211. The van der Waals surface area contributed by atoms with Crippen LogP contribution in [0, 0.1) is 19.8 Å². The van der Waals surface area contributed by atoms with Crippen LogP contribution in [0.2, 0.25) is 0 Å². The molecule has 8 heteroatoms. The molecule has 3 aromatic rings. The van der Waals surface area contributed by atoms with Crippen LogP contribution in [0.25, 0.3) is 10.6 Å². The van der Waals surface area contributed by atoms with Gasteiger partial charge in [0.15, 0.2) is 11.5 Å². The summed E-state index contributed by atoms with van der Waals surface area (Å²) in [6, 6.07) is 5.73. The number of ether oxygens (including phenoxy) is 3. The number of carbonyl (C=O) groups excluding carboxylic acids is 1. The molecule has 0 aliphatic heterocycles. The van der Waals surface area contributed by atoms with Crippen molar-refractivity contribution >= 4 is 17.3 Å². The van der Waals surface area contributed by atoms with Crippen LogP contribution in [0.5, 0.6) is 11.5 Å². The molecule has 0 aliphatic rings. The number of carbonyl (C=O) groups is 1. The van der Waals surface area contributed by atoms with Gasteiger partial charge in [-0.05, 0) is 44.9 Å². The summed E-state index contributed by atoms with van der Waals surface area (Å²) in [7, 11) is 1.62. The van der Waals surface area contributed by atoms with E-state index in [1.807, 2.05) is 49.0 Å². The molecule has 0 amide bonds. The Hall–Kier alpha value is -2.87. The number of hydrogen-bond donors (Lipinski definition) is 0. The van der Waals surface area contributed by atoms with Gasteiger partial charge in [-0.1, -0.05) is 13.8 Å². The molecule has 32 heavy (non-hydrogen) atoms. The van der Waals surface area contributed by atoms with Crippen molar-refractivity contribution in [1.29, 1.82) is 0 Å². The first-order chi connectivity index (χ1) is 15.3. The number of aromatic nitrogens is 3. The predicted molar refractivity (Wildman–Crippen MR) is 125 cm³/mol. The third-order valence-electron chi connectivity index (χ3n) is 5.03. The minimum Gasteiger partial charge on any atom is -0.493 e. The highest BCUT2D eigenvalue weighted by molar-refractivity contribution is 7.13. The van der Waals surface area contributed by atoms with Crippen molar-refractivity contribution in [3.63, 3.8) is 0 Å². The first-order valence-electron chi connectivity index (χ1n) is 10.8. The Morgan fingerprint density at radius 2 is 2.00 bits per heavy atom. The summed E-state index contributed by atoms with van der Waals surface area (Å²) in [5.41, 5.74) is 4.48. The topological polar surface area (TPSA) is 75.5 Å². The van der Waals surface area contributed by atoms with Gasteiger partial charge in [0.25, 0.3) is 0 Å². The van der Waals surface area contributed by atoms with Gasteiger partial charge in [-0.25, -0.2) is 4.98 Å². The molecule has 0 aliphatic carbocycles. The monoisotopic (exact) mass is 457 g/mol. The molecule has 3 rings (SSSR count). The average Bonchev–Trinajstić information content (AvgIpc) is 3.33. The molecular formula is C24H31N3O4S. The maximum Gasteiger partial charge on any atom is 0.310 e. The summed E-state index contributed by atoms with van der Waals surface area (Å²) >= 11 is 1.50. The fraction of sp³-hybridized carbons (Fsp3) is 0.458. The van der Waals surface area contributed by atoms with Crippen molar-refractivity contribution in [3.05, 3.63) is 46.2 Å². The van der Waals surface area contributed by atoms with Crippen LogP contribution >= 0.6 is 11.3 Å². The first-order valence-corrected chi connectivity index (χ1v) is 11.6. The van der Waals surface area contributed by atoms with Gasteiger partial charge in [0.2, 0.25) is 0 Å². The summed E-state index contributed by atoms with van der Waals surface area (Å²) < 4.78 is 18.5. The van der Waals surface area contributed by atoms with Gasteiger partial charge in [0, 0.05) is 28.7 Å². The fourth-order valence-corrected chi connectivity index (χ4v) is 4.25. The number of thiazole rings is 1. The van der Waals surface area contributed by atoms with Crippen molar-refractivity contribution < 1.29 is 19.0 Å². The molecule has 0 atom stereocenters. The third-order valence-corrected chi connectivity index (χ3v) is 5.97. The van der Waals surface area contributed by atoms with Crippen LogP contribution in [0.1, 0.15) is 43.4 Å². The zero-order valence-electron chi connectivity index (χ0n) is 19.6. The van der Waals surface area contributed by atoms with Crippen LogP contribution in [-0.2, 0) is 29.1 Å². The normalized spacial score (nSPS) is 11.1. The van der Waals surface area contributed by atoms with E-state index in [4.69, 9.17) is 14.2 Å². The molecule has 0 saturated heterocycles. The van der Waals surface area contributed by atoms with E-state index >= 15 is 0 Å². The summed E-state index contributed by atoms with van der Waals surface area (Å²) in [6.45, 7) is 11.7. The summed E-state index contributed by atoms with van der Waals surface area (Å²) in [5.74, 6) is 1.57.